The van der Waals surface area contributed by atoms with Gasteiger partial charge in [-0.25, -0.2) is 19.0 Å². The number of aliphatic carboxylic acids is 2. The summed E-state index contributed by atoms with van der Waals surface area (Å²) in [4.78, 5) is 27.4. The third-order valence-electron chi connectivity index (χ3n) is 5.69. The molecule has 0 amide bonds. The van der Waals surface area contributed by atoms with Gasteiger partial charge in [0.15, 0.2) is 11.6 Å². The van der Waals surface area contributed by atoms with Gasteiger partial charge in [-0.1, -0.05) is 0 Å². The van der Waals surface area contributed by atoms with E-state index < -0.39 is 30.1 Å². The summed E-state index contributed by atoms with van der Waals surface area (Å²) in [6.45, 7) is 6.19. The van der Waals surface area contributed by atoms with Crippen LogP contribution >= 0.6 is 0 Å². The van der Waals surface area contributed by atoms with Crippen LogP contribution in [0.4, 0.5) is 42.1 Å². The van der Waals surface area contributed by atoms with Gasteiger partial charge in [0.2, 0.25) is 0 Å². The standard InChI is InChI=1S/C26H28FN5O3.2C2HF3O2/c1-4-34-20-11-22(25(27)23(12-20)35-16(2)3)32(19-7-5-17(6-8-19)26(28)29)14-24-30-13-21(31-24)18-9-10-33-15-18;2*3-2(4,5)1(6)7/h5-13,15-16H,4,14H2,1-3H3,(H3,28,29)(H,30,31);2*(H,6,7). The van der Waals surface area contributed by atoms with Crippen molar-refractivity contribution >= 4 is 29.1 Å². The fourth-order valence-electron chi connectivity index (χ4n) is 3.63. The molecule has 0 atom stereocenters. The summed E-state index contributed by atoms with van der Waals surface area (Å²) >= 11 is 0. The highest BCUT2D eigenvalue weighted by molar-refractivity contribution is 5.95. The quantitative estimate of drug-likeness (QED) is 0.0661. The molecule has 0 fully saturated rings. The number of H-pyrrole nitrogens is 1. The van der Waals surface area contributed by atoms with Gasteiger partial charge in [0, 0.05) is 35.1 Å². The highest BCUT2D eigenvalue weighted by Crippen LogP contribution is 2.38. The minimum Gasteiger partial charge on any atom is -0.494 e. The number of nitrogens with one attached hydrogen (secondary N) is 2. The topological polar surface area (TPSA) is 188 Å². The monoisotopic (exact) mass is 705 g/mol. The summed E-state index contributed by atoms with van der Waals surface area (Å²) in [5.74, 6) is -4.87. The molecule has 12 nitrogen and oxygen atoms in total. The Morgan fingerprint density at radius 2 is 1.61 bits per heavy atom. The third-order valence-corrected chi connectivity index (χ3v) is 5.69. The van der Waals surface area contributed by atoms with E-state index in [1.54, 1.807) is 60.0 Å². The van der Waals surface area contributed by atoms with Crippen molar-refractivity contribution in [3.63, 3.8) is 0 Å². The predicted molar refractivity (Wildman–Crippen MR) is 160 cm³/mol. The number of nitrogens with two attached hydrogens (primary N) is 1. The van der Waals surface area contributed by atoms with Crippen LogP contribution in [0.3, 0.4) is 0 Å². The second-order valence-corrected chi connectivity index (χ2v) is 9.75. The van der Waals surface area contributed by atoms with Crippen LogP contribution in [-0.4, -0.2) is 63.0 Å². The number of furan rings is 1. The average Bonchev–Trinajstić information content (AvgIpc) is 3.70. The number of benzene rings is 2. The second kappa shape index (κ2) is 16.9. The Bertz CT molecular complexity index is 1660. The van der Waals surface area contributed by atoms with Crippen LogP contribution in [0.1, 0.15) is 32.2 Å². The van der Waals surface area contributed by atoms with Crippen LogP contribution in [0.2, 0.25) is 0 Å². The van der Waals surface area contributed by atoms with Crippen LogP contribution < -0.4 is 20.1 Å². The molecule has 0 aliphatic carbocycles. The van der Waals surface area contributed by atoms with E-state index in [9.17, 15) is 26.3 Å². The molecular formula is C30H30F7N5O7. The van der Waals surface area contributed by atoms with Crippen molar-refractivity contribution in [1.82, 2.24) is 9.97 Å². The molecule has 0 saturated heterocycles. The van der Waals surface area contributed by atoms with Gasteiger partial charge >= 0.3 is 24.3 Å². The number of nitrogens with zero attached hydrogens (tertiary/aromatic N) is 2. The summed E-state index contributed by atoms with van der Waals surface area (Å²) < 4.78 is 95.9. The molecule has 2 aromatic heterocycles. The number of anilines is 2. The zero-order valence-corrected chi connectivity index (χ0v) is 25.8. The zero-order chi connectivity index (χ0) is 37.1. The van der Waals surface area contributed by atoms with Crippen molar-refractivity contribution in [1.29, 1.82) is 5.41 Å². The van der Waals surface area contributed by atoms with E-state index in [0.717, 1.165) is 5.56 Å². The smallest absolute Gasteiger partial charge is 0.490 e. The van der Waals surface area contributed by atoms with E-state index in [4.69, 9.17) is 44.8 Å². The summed E-state index contributed by atoms with van der Waals surface area (Å²) in [5.41, 5.74) is 8.69. The van der Waals surface area contributed by atoms with Gasteiger partial charge in [-0.3, -0.25) is 5.41 Å². The molecule has 2 heterocycles. The molecule has 0 spiro atoms. The van der Waals surface area contributed by atoms with Crippen molar-refractivity contribution in [2.75, 3.05) is 11.5 Å². The molecule has 6 N–H and O–H groups in total. The van der Waals surface area contributed by atoms with Gasteiger partial charge in [-0.15, -0.1) is 0 Å². The van der Waals surface area contributed by atoms with Crippen LogP contribution in [-0.2, 0) is 16.1 Å². The first-order valence-corrected chi connectivity index (χ1v) is 13.8. The first kappa shape index (κ1) is 39.4. The molecule has 0 aliphatic rings. The van der Waals surface area contributed by atoms with Gasteiger partial charge < -0.3 is 39.7 Å². The first-order chi connectivity index (χ1) is 22.7. The Balaban J connectivity index is 0.000000500. The number of carboxylic acids is 2. The average molecular weight is 706 g/mol. The lowest BCUT2D eigenvalue weighted by Gasteiger charge is -2.26. The number of aromatic nitrogens is 2. The fraction of sp³-hybridized carbons (Fsp3) is 0.267. The van der Waals surface area contributed by atoms with E-state index in [0.29, 0.717) is 35.1 Å². The lowest BCUT2D eigenvalue weighted by Crippen LogP contribution is -2.21. The predicted octanol–water partition coefficient (Wildman–Crippen LogP) is 6.88. The molecule has 49 heavy (non-hydrogen) atoms. The molecule has 2 aromatic carbocycles. The van der Waals surface area contributed by atoms with Gasteiger partial charge in [0.1, 0.15) is 17.4 Å². The van der Waals surface area contributed by atoms with E-state index in [1.807, 2.05) is 26.8 Å². The number of hydrogen-bond acceptors (Lipinski definition) is 8. The summed E-state index contributed by atoms with van der Waals surface area (Å²) in [6, 6.07) is 12.0. The number of ether oxygens (including phenoxy) is 2. The number of amidine groups is 1. The minimum atomic E-state index is -5.08. The molecule has 266 valence electrons. The van der Waals surface area contributed by atoms with Gasteiger partial charge in [-0.05, 0) is 51.1 Å². The number of hydrogen-bond donors (Lipinski definition) is 5. The summed E-state index contributed by atoms with van der Waals surface area (Å²) in [6.07, 6.45) is -5.42. The van der Waals surface area contributed by atoms with Crippen molar-refractivity contribution < 1.29 is 64.4 Å². The van der Waals surface area contributed by atoms with Gasteiger partial charge in [0.05, 0.1) is 43.2 Å². The molecule has 0 aliphatic heterocycles. The number of rotatable bonds is 10. The van der Waals surface area contributed by atoms with Gasteiger partial charge in [0.25, 0.3) is 0 Å². The molecule has 0 saturated carbocycles. The maximum absolute atomic E-state index is 15.8. The number of alkyl halides is 6. The number of aromatic amines is 1. The SMILES string of the molecule is CCOc1cc(OC(C)C)c(F)c(N(Cc2nc(-c3ccoc3)c[nH]2)c2ccc(C(=N)N)cc2)c1.O=C(O)C(F)(F)F.O=C(O)C(F)(F)F. The van der Waals surface area contributed by atoms with Crippen LogP contribution in [0.25, 0.3) is 11.3 Å². The second-order valence-electron chi connectivity index (χ2n) is 9.75. The Morgan fingerprint density at radius 1 is 1.04 bits per heavy atom. The van der Waals surface area contributed by atoms with Crippen molar-refractivity contribution in [2.45, 2.75) is 45.8 Å². The van der Waals surface area contributed by atoms with Crippen LogP contribution in [0.5, 0.6) is 11.5 Å². The van der Waals surface area contributed by atoms with E-state index >= 15 is 4.39 Å². The van der Waals surface area contributed by atoms with E-state index in [2.05, 4.69) is 9.97 Å². The number of carbonyl (C=O) groups is 2. The van der Waals surface area contributed by atoms with E-state index in [1.165, 1.54) is 0 Å². The van der Waals surface area contributed by atoms with Crippen molar-refractivity contribution in [3.8, 4) is 22.8 Å². The Morgan fingerprint density at radius 3 is 2.06 bits per heavy atom. The number of nitrogen functional groups attached to an aromatic ring is 1. The fourth-order valence-corrected chi connectivity index (χ4v) is 3.63. The van der Waals surface area contributed by atoms with Gasteiger partial charge in [-0.2, -0.15) is 26.3 Å². The number of halogens is 7. The number of imidazole rings is 1. The first-order valence-electron chi connectivity index (χ1n) is 13.8. The molecule has 19 heteroatoms. The third kappa shape index (κ3) is 12.1. The Labute approximate surface area is 273 Å². The molecular weight excluding hydrogens is 675 g/mol. The molecule has 4 aromatic rings. The molecule has 4 rings (SSSR count). The van der Waals surface area contributed by atoms with Crippen LogP contribution in [0.15, 0.2) is 65.6 Å². The van der Waals surface area contributed by atoms with Crippen LogP contribution in [0, 0.1) is 11.2 Å². The van der Waals surface area contributed by atoms with E-state index in [-0.39, 0.29) is 29.9 Å². The Kier molecular flexibility index (Phi) is 13.6. The largest absolute Gasteiger partial charge is 0.494 e. The normalized spacial score (nSPS) is 11.1. The summed E-state index contributed by atoms with van der Waals surface area (Å²) in [5, 5.41) is 21.9. The molecule has 0 unspecified atom stereocenters. The molecule has 0 bridgehead atoms. The maximum Gasteiger partial charge on any atom is 0.490 e. The number of carboxylic acid groups (broad SMARTS) is 2. The van der Waals surface area contributed by atoms with Crippen molar-refractivity contribution in [3.05, 3.63) is 78.4 Å². The maximum atomic E-state index is 15.8. The summed E-state index contributed by atoms with van der Waals surface area (Å²) in [7, 11) is 0. The Hall–Kier alpha value is -5.75. The minimum absolute atomic E-state index is 0.0453. The van der Waals surface area contributed by atoms with Crippen molar-refractivity contribution in [2.24, 2.45) is 5.73 Å². The zero-order valence-electron chi connectivity index (χ0n) is 25.8. The lowest BCUT2D eigenvalue weighted by molar-refractivity contribution is -0.193. The highest BCUT2D eigenvalue weighted by Gasteiger charge is 2.38. The molecule has 0 radical (unpaired) electrons. The highest BCUT2D eigenvalue weighted by atomic mass is 19.4. The lowest BCUT2D eigenvalue weighted by atomic mass is 10.1.